The number of rotatable bonds is 7. The van der Waals surface area contributed by atoms with Crippen molar-refractivity contribution < 1.29 is 23.8 Å². The fourth-order valence-electron chi connectivity index (χ4n) is 3.35. The van der Waals surface area contributed by atoms with E-state index >= 15 is 0 Å². The van der Waals surface area contributed by atoms with Crippen LogP contribution in [0, 0.1) is 0 Å². The minimum Gasteiger partial charge on any atom is -0.508 e. The molecule has 162 valence electrons. The molecular weight excluding hydrogens is 438 g/mol. The number of phenolic OH excluding ortho intramolecular Hbond substituents is 1. The zero-order valence-corrected chi connectivity index (χ0v) is 18.5. The minimum atomic E-state index is -0.389. The molecule has 31 heavy (non-hydrogen) atoms. The van der Waals surface area contributed by atoms with Crippen LogP contribution in [0.3, 0.4) is 0 Å². The molecule has 1 aliphatic carbocycles. The maximum atomic E-state index is 12.6. The van der Waals surface area contributed by atoms with Gasteiger partial charge in [0.05, 0.1) is 17.9 Å². The van der Waals surface area contributed by atoms with Gasteiger partial charge in [0.25, 0.3) is 5.22 Å². The monoisotopic (exact) mass is 459 g/mol. The van der Waals surface area contributed by atoms with Crippen molar-refractivity contribution in [1.82, 2.24) is 10.2 Å². The number of carbonyl (C=O) groups excluding carboxylic acids is 2. The van der Waals surface area contributed by atoms with Crippen LogP contribution in [0.1, 0.15) is 40.6 Å². The molecule has 2 aromatic heterocycles. The van der Waals surface area contributed by atoms with Crippen molar-refractivity contribution in [3.8, 4) is 17.2 Å². The van der Waals surface area contributed by atoms with Crippen molar-refractivity contribution in [2.45, 2.75) is 37.8 Å². The van der Waals surface area contributed by atoms with Crippen molar-refractivity contribution in [3.63, 3.8) is 0 Å². The van der Waals surface area contributed by atoms with Crippen LogP contribution in [0.4, 0.5) is 5.00 Å². The molecule has 2 N–H and O–H groups in total. The number of phenols is 1. The summed E-state index contributed by atoms with van der Waals surface area (Å²) >= 11 is 2.57. The number of anilines is 1. The molecule has 1 aliphatic rings. The van der Waals surface area contributed by atoms with Crippen LogP contribution in [0.25, 0.3) is 11.5 Å². The van der Waals surface area contributed by atoms with Crippen LogP contribution < -0.4 is 5.32 Å². The summed E-state index contributed by atoms with van der Waals surface area (Å²) in [4.78, 5) is 26.2. The number of thioether (sulfide) groups is 1. The number of esters is 1. The summed E-state index contributed by atoms with van der Waals surface area (Å²) in [5, 5.41) is 21.0. The van der Waals surface area contributed by atoms with Crippen molar-refractivity contribution in [3.05, 3.63) is 40.3 Å². The second kappa shape index (κ2) is 9.52. The zero-order valence-electron chi connectivity index (χ0n) is 16.8. The lowest BCUT2D eigenvalue weighted by atomic mass is 9.95. The summed E-state index contributed by atoms with van der Waals surface area (Å²) in [7, 11) is 0. The van der Waals surface area contributed by atoms with E-state index in [1.807, 2.05) is 0 Å². The highest BCUT2D eigenvalue weighted by molar-refractivity contribution is 7.99. The smallest absolute Gasteiger partial charge is 0.341 e. The number of amides is 1. The summed E-state index contributed by atoms with van der Waals surface area (Å²) in [6.07, 6.45) is 3.85. The number of benzene rings is 1. The predicted octanol–water partition coefficient (Wildman–Crippen LogP) is 4.29. The summed E-state index contributed by atoms with van der Waals surface area (Å²) < 4.78 is 10.8. The van der Waals surface area contributed by atoms with E-state index in [0.717, 1.165) is 47.9 Å². The highest BCUT2D eigenvalue weighted by Gasteiger charge is 2.27. The first-order valence-electron chi connectivity index (χ1n) is 9.92. The van der Waals surface area contributed by atoms with Gasteiger partial charge in [0.15, 0.2) is 0 Å². The van der Waals surface area contributed by atoms with Crippen LogP contribution >= 0.6 is 23.1 Å². The van der Waals surface area contributed by atoms with E-state index in [0.29, 0.717) is 22.0 Å². The Bertz CT molecular complexity index is 1090. The van der Waals surface area contributed by atoms with Gasteiger partial charge in [-0.1, -0.05) is 11.8 Å². The normalized spacial score (nSPS) is 12.9. The lowest BCUT2D eigenvalue weighted by Gasteiger charge is -2.12. The van der Waals surface area contributed by atoms with Crippen molar-refractivity contribution >= 4 is 40.0 Å². The number of hydrogen-bond donors (Lipinski definition) is 2. The van der Waals surface area contributed by atoms with Gasteiger partial charge in [0, 0.05) is 10.4 Å². The third kappa shape index (κ3) is 4.91. The predicted molar refractivity (Wildman–Crippen MR) is 118 cm³/mol. The second-order valence-corrected chi connectivity index (χ2v) is 8.92. The number of fused-ring (bicyclic) bond motifs is 1. The molecule has 0 fully saturated rings. The van der Waals surface area contributed by atoms with Crippen LogP contribution in [0.2, 0.25) is 0 Å². The van der Waals surface area contributed by atoms with Gasteiger partial charge in [0.2, 0.25) is 11.8 Å². The lowest BCUT2D eigenvalue weighted by molar-refractivity contribution is -0.113. The van der Waals surface area contributed by atoms with Crippen molar-refractivity contribution in [1.29, 1.82) is 0 Å². The first-order chi connectivity index (χ1) is 15.0. The number of aryl methyl sites for hydroxylation is 1. The third-order valence-electron chi connectivity index (χ3n) is 4.75. The Hall–Kier alpha value is -2.85. The molecule has 0 bridgehead atoms. The number of ether oxygens (including phenoxy) is 1. The Morgan fingerprint density at radius 1 is 1.23 bits per heavy atom. The number of hydrogen-bond acceptors (Lipinski definition) is 9. The fourth-order valence-corrected chi connectivity index (χ4v) is 5.21. The molecule has 0 radical (unpaired) electrons. The SMILES string of the molecule is CCOC(=O)c1c(NC(=O)CSc2nnc(-c3ccc(O)cc3)o2)sc2c1CCCC2. The van der Waals surface area contributed by atoms with Crippen molar-refractivity contribution in [2.24, 2.45) is 0 Å². The topological polar surface area (TPSA) is 115 Å². The minimum absolute atomic E-state index is 0.0576. The number of aromatic nitrogens is 2. The average Bonchev–Trinajstić information content (AvgIpc) is 3.37. The molecule has 1 amide bonds. The summed E-state index contributed by atoms with van der Waals surface area (Å²) in [6, 6.07) is 6.39. The van der Waals surface area contributed by atoms with Gasteiger partial charge in [-0.05, 0) is 62.4 Å². The lowest BCUT2D eigenvalue weighted by Crippen LogP contribution is -2.17. The largest absolute Gasteiger partial charge is 0.508 e. The molecule has 3 aromatic rings. The van der Waals surface area contributed by atoms with E-state index in [9.17, 15) is 14.7 Å². The number of nitrogens with one attached hydrogen (secondary N) is 1. The first kappa shape index (κ1) is 21.4. The van der Waals surface area contributed by atoms with Crippen LogP contribution in [-0.4, -0.2) is 39.5 Å². The second-order valence-electron chi connectivity index (χ2n) is 6.89. The molecule has 4 rings (SSSR count). The Morgan fingerprint density at radius 3 is 2.77 bits per heavy atom. The molecule has 1 aromatic carbocycles. The van der Waals surface area contributed by atoms with Gasteiger partial charge in [0.1, 0.15) is 10.8 Å². The Balaban J connectivity index is 1.42. The summed E-state index contributed by atoms with van der Waals surface area (Å²) in [5.74, 6) is -0.147. The van der Waals surface area contributed by atoms with Crippen LogP contribution in [0.5, 0.6) is 5.75 Å². The molecule has 0 spiro atoms. The van der Waals surface area contributed by atoms with Gasteiger partial charge in [-0.3, -0.25) is 4.79 Å². The Morgan fingerprint density at radius 2 is 2.00 bits per heavy atom. The molecule has 2 heterocycles. The third-order valence-corrected chi connectivity index (χ3v) is 6.78. The zero-order chi connectivity index (χ0) is 21.8. The molecule has 0 atom stereocenters. The average molecular weight is 460 g/mol. The van der Waals surface area contributed by atoms with Gasteiger partial charge in [-0.2, -0.15) is 0 Å². The van der Waals surface area contributed by atoms with Gasteiger partial charge < -0.3 is 19.6 Å². The Kier molecular flexibility index (Phi) is 6.57. The maximum Gasteiger partial charge on any atom is 0.341 e. The molecule has 0 saturated carbocycles. The van der Waals surface area contributed by atoms with Gasteiger partial charge in [-0.15, -0.1) is 21.5 Å². The molecular formula is C21H21N3O5S2. The standard InChI is InChI=1S/C21H21N3O5S2/c1-2-28-20(27)17-14-5-3-4-6-15(14)31-19(17)22-16(26)11-30-21-24-23-18(29-21)12-7-9-13(25)10-8-12/h7-10,25H,2-6,11H2,1H3,(H,22,26). The number of thiophene rings is 1. The maximum absolute atomic E-state index is 12.6. The van der Waals surface area contributed by atoms with E-state index in [1.54, 1.807) is 19.1 Å². The molecule has 10 heteroatoms. The number of carbonyl (C=O) groups is 2. The van der Waals surface area contributed by atoms with Crippen molar-refractivity contribution in [2.75, 3.05) is 17.7 Å². The van der Waals surface area contributed by atoms with E-state index in [4.69, 9.17) is 9.15 Å². The van der Waals surface area contributed by atoms with Gasteiger partial charge >= 0.3 is 5.97 Å². The first-order valence-corrected chi connectivity index (χ1v) is 11.7. The van der Waals surface area contributed by atoms with Gasteiger partial charge in [-0.25, -0.2) is 4.79 Å². The highest BCUT2D eigenvalue weighted by Crippen LogP contribution is 2.38. The fraction of sp³-hybridized carbons (Fsp3) is 0.333. The van der Waals surface area contributed by atoms with Crippen LogP contribution in [0.15, 0.2) is 33.9 Å². The molecule has 8 nitrogen and oxygen atoms in total. The van der Waals surface area contributed by atoms with E-state index in [2.05, 4.69) is 15.5 Å². The summed E-state index contributed by atoms with van der Waals surface area (Å²) in [6.45, 7) is 2.05. The van der Waals surface area contributed by atoms with E-state index < -0.39 is 0 Å². The molecule has 0 unspecified atom stereocenters. The quantitative estimate of drug-likeness (QED) is 0.397. The number of aromatic hydroxyl groups is 1. The molecule has 0 saturated heterocycles. The molecule has 0 aliphatic heterocycles. The van der Waals surface area contributed by atoms with E-state index in [1.165, 1.54) is 23.5 Å². The highest BCUT2D eigenvalue weighted by atomic mass is 32.2. The Labute approximate surface area is 187 Å². The number of nitrogens with zero attached hydrogens (tertiary/aromatic N) is 2. The van der Waals surface area contributed by atoms with E-state index in [-0.39, 0.29) is 35.2 Å². The summed E-state index contributed by atoms with van der Waals surface area (Å²) in [5.41, 5.74) is 2.17. The van der Waals surface area contributed by atoms with Crippen LogP contribution in [-0.2, 0) is 22.4 Å².